The number of benzene rings is 1. The number of hydrogen-bond acceptors (Lipinski definition) is 10. The molecule has 2 aromatic heterocycles. The zero-order chi connectivity index (χ0) is 26.2. The van der Waals surface area contributed by atoms with Crippen LogP contribution in [0, 0.1) is 18.3 Å². The number of anilines is 3. The van der Waals surface area contributed by atoms with Crippen LogP contribution in [0.25, 0.3) is 10.9 Å². The molecule has 3 saturated heterocycles. The molecule has 0 bridgehead atoms. The molecule has 0 unspecified atom stereocenters. The van der Waals surface area contributed by atoms with Gasteiger partial charge in [-0.05, 0) is 38.1 Å². The van der Waals surface area contributed by atoms with Crippen molar-refractivity contribution in [3.8, 4) is 6.07 Å². The molecule has 2 atom stereocenters. The number of piperazine rings is 1. The van der Waals surface area contributed by atoms with Crippen molar-refractivity contribution in [1.82, 2.24) is 19.9 Å². The van der Waals surface area contributed by atoms with Crippen molar-refractivity contribution < 1.29 is 4.74 Å². The fourth-order valence-corrected chi connectivity index (χ4v) is 5.82. The molecule has 0 saturated carbocycles. The number of nitriles is 1. The second-order valence-corrected chi connectivity index (χ2v) is 10.7. The Morgan fingerprint density at radius 1 is 1.03 bits per heavy atom. The Kier molecular flexibility index (Phi) is 6.74. The molecule has 1 aromatic carbocycles. The lowest BCUT2D eigenvalue weighted by atomic mass is 10.1. The van der Waals surface area contributed by atoms with Gasteiger partial charge in [0, 0.05) is 88.3 Å². The first-order valence-electron chi connectivity index (χ1n) is 13.5. The largest absolute Gasteiger partial charge is 0.370 e. The Balaban J connectivity index is 1.10. The van der Waals surface area contributed by atoms with Gasteiger partial charge in [-0.3, -0.25) is 9.88 Å². The van der Waals surface area contributed by atoms with E-state index in [1.165, 1.54) is 0 Å². The van der Waals surface area contributed by atoms with Crippen LogP contribution >= 0.6 is 0 Å². The molecule has 10 nitrogen and oxygen atoms in total. The fraction of sp³-hybridized carbons (Fsp3) is 0.500. The molecule has 2 N–H and O–H groups in total. The third-order valence-electron chi connectivity index (χ3n) is 7.72. The highest BCUT2D eigenvalue weighted by atomic mass is 16.5. The molecule has 3 aliphatic rings. The van der Waals surface area contributed by atoms with E-state index in [1.807, 2.05) is 31.2 Å². The van der Waals surface area contributed by atoms with E-state index >= 15 is 0 Å². The molecule has 6 rings (SSSR count). The molecule has 0 amide bonds. The van der Waals surface area contributed by atoms with Gasteiger partial charge in [0.2, 0.25) is 5.95 Å². The van der Waals surface area contributed by atoms with Gasteiger partial charge in [0.05, 0.1) is 35.0 Å². The van der Waals surface area contributed by atoms with E-state index in [1.54, 1.807) is 6.20 Å². The maximum Gasteiger partial charge on any atom is 0.227 e. The van der Waals surface area contributed by atoms with Gasteiger partial charge in [0.15, 0.2) is 0 Å². The van der Waals surface area contributed by atoms with Gasteiger partial charge in [-0.1, -0.05) is 0 Å². The number of fused-ring (bicyclic) bond motifs is 1. The van der Waals surface area contributed by atoms with Crippen molar-refractivity contribution in [2.45, 2.75) is 32.1 Å². The van der Waals surface area contributed by atoms with E-state index in [0.29, 0.717) is 5.56 Å². The molecule has 0 radical (unpaired) electrons. The van der Waals surface area contributed by atoms with Crippen molar-refractivity contribution in [3.05, 3.63) is 47.8 Å². The molecule has 198 valence electrons. The minimum absolute atomic E-state index is 0.100. The third kappa shape index (κ3) is 4.97. The van der Waals surface area contributed by atoms with Gasteiger partial charge in [0.1, 0.15) is 5.82 Å². The molecule has 5 heterocycles. The van der Waals surface area contributed by atoms with E-state index in [-0.39, 0.29) is 18.2 Å². The van der Waals surface area contributed by atoms with Crippen LogP contribution in [0.4, 0.5) is 17.5 Å². The van der Waals surface area contributed by atoms with Crippen LogP contribution in [0.2, 0.25) is 0 Å². The quantitative estimate of drug-likeness (QED) is 0.542. The van der Waals surface area contributed by atoms with Crippen LogP contribution in [-0.4, -0.2) is 97.0 Å². The number of aryl methyl sites for hydroxylation is 1. The normalized spacial score (nSPS) is 22.9. The molecule has 38 heavy (non-hydrogen) atoms. The zero-order valence-electron chi connectivity index (χ0n) is 22.1. The first-order valence-corrected chi connectivity index (χ1v) is 13.5. The van der Waals surface area contributed by atoms with E-state index < -0.39 is 0 Å². The summed E-state index contributed by atoms with van der Waals surface area (Å²) in [5.74, 6) is 1.79. The van der Waals surface area contributed by atoms with Crippen LogP contribution in [0.5, 0.6) is 0 Å². The van der Waals surface area contributed by atoms with Crippen LogP contribution in [0.1, 0.15) is 18.2 Å². The van der Waals surface area contributed by atoms with Gasteiger partial charge < -0.3 is 25.2 Å². The lowest BCUT2D eigenvalue weighted by Crippen LogP contribution is -2.56. The molecule has 3 aliphatic heterocycles. The molecule has 3 aromatic rings. The molecular formula is C28H35N9O. The first-order chi connectivity index (χ1) is 18.5. The Morgan fingerprint density at radius 3 is 2.61 bits per heavy atom. The van der Waals surface area contributed by atoms with Crippen LogP contribution in [-0.2, 0) is 4.74 Å². The molecular weight excluding hydrogens is 478 g/mol. The second kappa shape index (κ2) is 10.3. The Morgan fingerprint density at radius 2 is 1.84 bits per heavy atom. The first kappa shape index (κ1) is 24.8. The van der Waals surface area contributed by atoms with E-state index in [9.17, 15) is 5.26 Å². The maximum atomic E-state index is 9.54. The smallest absolute Gasteiger partial charge is 0.227 e. The number of ether oxygens (including phenoxy) is 1. The van der Waals surface area contributed by atoms with Crippen molar-refractivity contribution in [1.29, 1.82) is 5.26 Å². The summed E-state index contributed by atoms with van der Waals surface area (Å²) in [5.41, 5.74) is 9.56. The van der Waals surface area contributed by atoms with Gasteiger partial charge in [-0.2, -0.15) is 10.2 Å². The van der Waals surface area contributed by atoms with Crippen molar-refractivity contribution >= 4 is 28.4 Å². The van der Waals surface area contributed by atoms with Crippen molar-refractivity contribution in [3.63, 3.8) is 0 Å². The van der Waals surface area contributed by atoms with Gasteiger partial charge >= 0.3 is 0 Å². The van der Waals surface area contributed by atoms with Crippen molar-refractivity contribution in [2.75, 3.05) is 73.6 Å². The predicted octanol–water partition coefficient (Wildman–Crippen LogP) is 1.77. The van der Waals surface area contributed by atoms with Gasteiger partial charge in [0.25, 0.3) is 0 Å². The second-order valence-electron chi connectivity index (χ2n) is 10.7. The third-order valence-corrected chi connectivity index (χ3v) is 7.72. The summed E-state index contributed by atoms with van der Waals surface area (Å²) in [5, 5.41) is 10.4. The Labute approximate surface area is 223 Å². The lowest BCUT2D eigenvalue weighted by molar-refractivity contribution is -0.0327. The molecule has 0 spiro atoms. The summed E-state index contributed by atoms with van der Waals surface area (Å²) in [6.07, 6.45) is 2.01. The summed E-state index contributed by atoms with van der Waals surface area (Å²) < 4.78 is 6.39. The molecule has 3 fully saturated rings. The predicted molar refractivity (Wildman–Crippen MR) is 149 cm³/mol. The number of aromatic nitrogens is 3. The maximum absolute atomic E-state index is 9.54. The number of morpholine rings is 1. The SMILES string of the molecule is Cc1cc(N2CCN(C[C@H]3CN(c4ccc(C#N)c5cccnc45)C[C@@H](C)O3)CC2)nc(N2CC(N)C2)n1. The minimum Gasteiger partial charge on any atom is -0.370 e. The Bertz CT molecular complexity index is 1340. The van der Waals surface area contributed by atoms with Gasteiger partial charge in [-0.15, -0.1) is 0 Å². The molecule has 10 heteroatoms. The average molecular weight is 514 g/mol. The highest BCUT2D eigenvalue weighted by Crippen LogP contribution is 2.30. The van der Waals surface area contributed by atoms with E-state index in [0.717, 1.165) is 93.0 Å². The highest BCUT2D eigenvalue weighted by Gasteiger charge is 2.30. The minimum atomic E-state index is 0.100. The lowest BCUT2D eigenvalue weighted by Gasteiger charge is -2.42. The van der Waals surface area contributed by atoms with E-state index in [4.69, 9.17) is 15.5 Å². The van der Waals surface area contributed by atoms with Crippen LogP contribution in [0.15, 0.2) is 36.5 Å². The summed E-state index contributed by atoms with van der Waals surface area (Å²) >= 11 is 0. The standard InChI is InChI=1S/C28H35N9O/c1-19-12-26(33-28(32-19)37-15-22(30)16-37)35-10-8-34(9-11-35)17-23-18-36(14-20(2)38-23)25-6-5-21(13-29)24-4-3-7-31-27(24)25/h3-7,12,20,22-23H,8-11,14-18,30H2,1-2H3/t20-,23+/m1/s1. The number of nitrogens with zero attached hydrogens (tertiary/aromatic N) is 8. The zero-order valence-corrected chi connectivity index (χ0v) is 22.1. The number of nitrogens with two attached hydrogens (primary N) is 1. The number of rotatable bonds is 5. The number of hydrogen-bond donors (Lipinski definition) is 1. The monoisotopic (exact) mass is 513 g/mol. The summed E-state index contributed by atoms with van der Waals surface area (Å²) in [6, 6.07) is 12.4. The Hall–Kier alpha value is -3.52. The number of pyridine rings is 1. The average Bonchev–Trinajstić information content (AvgIpc) is 2.90. The van der Waals surface area contributed by atoms with E-state index in [2.05, 4.69) is 48.6 Å². The topological polar surface area (TPSA) is 111 Å². The highest BCUT2D eigenvalue weighted by molar-refractivity contribution is 5.94. The summed E-state index contributed by atoms with van der Waals surface area (Å²) in [4.78, 5) is 23.5. The fourth-order valence-electron chi connectivity index (χ4n) is 5.82. The summed E-state index contributed by atoms with van der Waals surface area (Å²) in [7, 11) is 0. The molecule has 0 aliphatic carbocycles. The van der Waals surface area contributed by atoms with Gasteiger partial charge in [-0.25, -0.2) is 4.98 Å². The van der Waals surface area contributed by atoms with Crippen LogP contribution < -0.4 is 20.4 Å². The summed E-state index contributed by atoms with van der Waals surface area (Å²) in [6.45, 7) is 12.1. The van der Waals surface area contributed by atoms with Crippen LogP contribution in [0.3, 0.4) is 0 Å². The van der Waals surface area contributed by atoms with Crippen molar-refractivity contribution in [2.24, 2.45) is 5.73 Å².